The molecule has 0 saturated heterocycles. The molecule has 0 N–H and O–H groups in total. The summed E-state index contributed by atoms with van der Waals surface area (Å²) in [6, 6.07) is 42.6. The number of hydrogen-bond acceptors (Lipinski definition) is 2. The van der Waals surface area contributed by atoms with Crippen LogP contribution < -0.4 is 0 Å². The van der Waals surface area contributed by atoms with Gasteiger partial charge in [0, 0.05) is 54.6 Å². The van der Waals surface area contributed by atoms with Gasteiger partial charge in [-0.2, -0.15) is 0 Å². The number of aromatic nitrogens is 2. The minimum atomic E-state index is -0.167. The summed E-state index contributed by atoms with van der Waals surface area (Å²) in [5.74, 6) is 0. The first-order valence-corrected chi connectivity index (χ1v) is 12.8. The maximum Gasteiger partial charge on any atom is 0.0787 e. The minimum Gasteiger partial charge on any atom is -0.247 e. The summed E-state index contributed by atoms with van der Waals surface area (Å²) >= 11 is 0. The lowest BCUT2D eigenvalue weighted by Crippen LogP contribution is -2.03. The van der Waals surface area contributed by atoms with Crippen molar-refractivity contribution in [2.75, 3.05) is 0 Å². The fourth-order valence-electron chi connectivity index (χ4n) is 4.87. The average molecular weight is 480 g/mol. The fraction of sp³-hybridized carbons (Fsp3) is 0.0303. The van der Waals surface area contributed by atoms with Crippen LogP contribution in [0.2, 0.25) is 6.82 Å². The standard InChI is InChI=1S/C32H20N2.CH3B3/c1-3-10-27-21(6-1)12-14-23-16-18-29(33-31(23)27)25-8-5-9-26(20-25)30-19-17-24-15-13-22-7-2-4-11-28(22)32(24)34-30;1-4(2)3/h1-20H;1H3. The van der Waals surface area contributed by atoms with Crippen molar-refractivity contribution in [1.82, 2.24) is 9.97 Å². The molecule has 7 aromatic rings. The lowest BCUT2D eigenvalue weighted by molar-refractivity contribution is 1.39. The SMILES string of the molecule is [B]B([B])C.c1cc(-c2ccc3ccc4ccccc4c3n2)cc(-c2ccc3ccc4ccccc4c3n2)c1. The van der Waals surface area contributed by atoms with Crippen LogP contribution in [0, 0.1) is 0 Å². The van der Waals surface area contributed by atoms with E-state index in [2.05, 4.69) is 121 Å². The number of nitrogens with zero attached hydrogens (tertiary/aromatic N) is 2. The predicted molar refractivity (Wildman–Crippen MR) is 166 cm³/mol. The van der Waals surface area contributed by atoms with Gasteiger partial charge in [-0.25, -0.2) is 9.97 Å². The Labute approximate surface area is 225 Å². The summed E-state index contributed by atoms with van der Waals surface area (Å²) in [7, 11) is 9.78. The highest BCUT2D eigenvalue weighted by atomic mass is 14.7. The van der Waals surface area contributed by atoms with Crippen molar-refractivity contribution in [3.8, 4) is 22.5 Å². The van der Waals surface area contributed by atoms with E-state index in [1.807, 2.05) is 0 Å². The Morgan fingerprint density at radius 3 is 1.34 bits per heavy atom. The molecule has 5 heteroatoms. The van der Waals surface area contributed by atoms with E-state index in [0.29, 0.717) is 0 Å². The smallest absolute Gasteiger partial charge is 0.0787 e. The van der Waals surface area contributed by atoms with E-state index in [1.54, 1.807) is 6.82 Å². The van der Waals surface area contributed by atoms with Crippen LogP contribution in [0.5, 0.6) is 0 Å². The molecule has 0 spiro atoms. The zero-order valence-corrected chi connectivity index (χ0v) is 21.2. The monoisotopic (exact) mass is 480 g/mol. The van der Waals surface area contributed by atoms with Gasteiger partial charge in [-0.05, 0) is 29.0 Å². The second kappa shape index (κ2) is 10.2. The Morgan fingerprint density at radius 2 is 0.868 bits per heavy atom. The van der Waals surface area contributed by atoms with Crippen LogP contribution in [-0.2, 0) is 0 Å². The fourth-order valence-corrected chi connectivity index (χ4v) is 4.87. The molecule has 2 nitrogen and oxygen atoms in total. The van der Waals surface area contributed by atoms with Crippen LogP contribution in [0.3, 0.4) is 0 Å². The number of fused-ring (bicyclic) bond motifs is 6. The third kappa shape index (κ3) is 4.68. The number of pyridine rings is 2. The van der Waals surface area contributed by atoms with Gasteiger partial charge in [0.2, 0.25) is 0 Å². The second-order valence-electron chi connectivity index (χ2n) is 9.55. The van der Waals surface area contributed by atoms with Gasteiger partial charge < -0.3 is 0 Å². The highest BCUT2D eigenvalue weighted by Gasteiger charge is 2.09. The van der Waals surface area contributed by atoms with Gasteiger partial charge >= 0.3 is 0 Å². The molecule has 5 aromatic carbocycles. The summed E-state index contributed by atoms with van der Waals surface area (Å²) in [6.45, 7) is 1.56. The molecule has 4 radical (unpaired) electrons. The lowest BCUT2D eigenvalue weighted by Gasteiger charge is -2.09. The van der Waals surface area contributed by atoms with Crippen molar-refractivity contribution in [2.24, 2.45) is 0 Å². The molecular weight excluding hydrogens is 457 g/mol. The molecule has 0 bridgehead atoms. The first kappa shape index (κ1) is 24.0. The van der Waals surface area contributed by atoms with E-state index in [4.69, 9.17) is 25.4 Å². The van der Waals surface area contributed by atoms with E-state index in [-0.39, 0.29) is 6.49 Å². The normalized spacial score (nSPS) is 11.0. The van der Waals surface area contributed by atoms with Crippen molar-refractivity contribution in [3.05, 3.63) is 121 Å². The highest BCUT2D eigenvalue weighted by Crippen LogP contribution is 2.31. The summed E-state index contributed by atoms with van der Waals surface area (Å²) in [5.41, 5.74) is 6.20. The molecule has 0 aliphatic carbocycles. The average Bonchev–Trinajstić information content (AvgIpc) is 2.96. The summed E-state index contributed by atoms with van der Waals surface area (Å²) in [5, 5.41) is 7.09. The van der Waals surface area contributed by atoms with E-state index in [9.17, 15) is 0 Å². The summed E-state index contributed by atoms with van der Waals surface area (Å²) in [4.78, 5) is 10.2. The minimum absolute atomic E-state index is 0.167. The van der Waals surface area contributed by atoms with Crippen LogP contribution in [0.1, 0.15) is 0 Å². The van der Waals surface area contributed by atoms with Gasteiger partial charge in [0.15, 0.2) is 0 Å². The molecule has 0 unspecified atom stereocenters. The van der Waals surface area contributed by atoms with Crippen LogP contribution >= 0.6 is 0 Å². The van der Waals surface area contributed by atoms with E-state index < -0.39 is 0 Å². The molecule has 0 aliphatic heterocycles. The molecule has 0 saturated carbocycles. The molecule has 174 valence electrons. The summed E-state index contributed by atoms with van der Waals surface area (Å²) in [6.07, 6.45) is 0. The first-order valence-electron chi connectivity index (χ1n) is 12.8. The number of benzene rings is 5. The largest absolute Gasteiger partial charge is 0.247 e. The lowest BCUT2D eigenvalue weighted by atomic mass is 9.21. The Balaban J connectivity index is 0.000000620. The van der Waals surface area contributed by atoms with Crippen LogP contribution in [-0.4, -0.2) is 31.9 Å². The van der Waals surface area contributed by atoms with E-state index in [1.165, 1.54) is 21.5 Å². The maximum atomic E-state index is 5.08. The molecule has 0 amide bonds. The van der Waals surface area contributed by atoms with Crippen LogP contribution in [0.25, 0.3) is 65.9 Å². The van der Waals surface area contributed by atoms with Crippen molar-refractivity contribution in [3.63, 3.8) is 0 Å². The van der Waals surface area contributed by atoms with E-state index in [0.717, 1.165) is 44.3 Å². The van der Waals surface area contributed by atoms with E-state index >= 15 is 0 Å². The molecule has 2 aromatic heterocycles. The molecule has 0 aliphatic rings. The third-order valence-corrected chi connectivity index (χ3v) is 6.62. The molecule has 0 fully saturated rings. The van der Waals surface area contributed by atoms with Crippen molar-refractivity contribution >= 4 is 65.3 Å². The molecular formula is C33H23B3N2. The third-order valence-electron chi connectivity index (χ3n) is 6.62. The number of rotatable bonds is 2. The second-order valence-corrected chi connectivity index (χ2v) is 9.55. The molecule has 7 rings (SSSR count). The van der Waals surface area contributed by atoms with Crippen LogP contribution in [0.15, 0.2) is 121 Å². The summed E-state index contributed by atoms with van der Waals surface area (Å²) < 4.78 is 0. The van der Waals surface area contributed by atoms with Gasteiger partial charge in [-0.15, -0.1) is 6.82 Å². The Bertz CT molecular complexity index is 1790. The molecule has 2 heterocycles. The molecule has 0 atom stereocenters. The Morgan fingerprint density at radius 1 is 0.474 bits per heavy atom. The number of hydrogen-bond donors (Lipinski definition) is 0. The topological polar surface area (TPSA) is 25.8 Å². The van der Waals surface area contributed by atoms with Gasteiger partial charge in [0.1, 0.15) is 0 Å². The predicted octanol–water partition coefficient (Wildman–Crippen LogP) is 7.86. The Hall–Kier alpha value is -4.37. The van der Waals surface area contributed by atoms with Gasteiger partial charge in [-0.3, -0.25) is 0 Å². The highest BCUT2D eigenvalue weighted by molar-refractivity contribution is 7.28. The first-order chi connectivity index (χ1) is 18.6. The van der Waals surface area contributed by atoms with Gasteiger partial charge in [0.05, 0.1) is 22.4 Å². The molecule has 38 heavy (non-hydrogen) atoms. The van der Waals surface area contributed by atoms with Crippen molar-refractivity contribution in [1.29, 1.82) is 0 Å². The zero-order valence-electron chi connectivity index (χ0n) is 21.2. The maximum absolute atomic E-state index is 5.08. The van der Waals surface area contributed by atoms with Crippen LogP contribution in [0.4, 0.5) is 0 Å². The van der Waals surface area contributed by atoms with Gasteiger partial charge in [-0.1, -0.05) is 103 Å². The quantitative estimate of drug-likeness (QED) is 0.186. The van der Waals surface area contributed by atoms with Crippen molar-refractivity contribution < 1.29 is 0 Å². The zero-order chi connectivity index (χ0) is 26.1. The van der Waals surface area contributed by atoms with Gasteiger partial charge in [0.25, 0.3) is 0 Å². The van der Waals surface area contributed by atoms with Crippen molar-refractivity contribution in [2.45, 2.75) is 6.82 Å². The Kier molecular flexibility index (Phi) is 6.43.